The molecule has 0 radical (unpaired) electrons. The highest BCUT2D eigenvalue weighted by Gasteiger charge is 2.40. The summed E-state index contributed by atoms with van der Waals surface area (Å²) in [6.45, 7) is 4.01. The van der Waals surface area contributed by atoms with Crippen LogP contribution in [0.3, 0.4) is 0 Å². The maximum Gasteiger partial charge on any atom is 0.261 e. The van der Waals surface area contributed by atoms with E-state index in [1.807, 2.05) is 38.1 Å². The summed E-state index contributed by atoms with van der Waals surface area (Å²) in [5.74, 6) is 1.89. The molecular weight excluding hydrogens is 336 g/mol. The first-order valence-electron chi connectivity index (χ1n) is 9.36. The van der Waals surface area contributed by atoms with Crippen molar-refractivity contribution < 1.29 is 9.53 Å². The molecule has 2 fully saturated rings. The Bertz CT molecular complexity index is 567. The number of para-hydroxylation sites is 1. The third-order valence-electron chi connectivity index (χ3n) is 5.71. The van der Waals surface area contributed by atoms with E-state index in [2.05, 4.69) is 5.32 Å². The fourth-order valence-electron chi connectivity index (χ4n) is 4.45. The summed E-state index contributed by atoms with van der Waals surface area (Å²) in [5, 5.41) is 3.31. The van der Waals surface area contributed by atoms with Gasteiger partial charge in [-0.25, -0.2) is 0 Å². The zero-order chi connectivity index (χ0) is 17.1. The van der Waals surface area contributed by atoms with E-state index in [0.717, 1.165) is 24.2 Å². The molecule has 4 nitrogen and oxygen atoms in total. The van der Waals surface area contributed by atoms with Crippen LogP contribution in [0.25, 0.3) is 0 Å². The zero-order valence-corrected chi connectivity index (χ0v) is 16.1. The van der Waals surface area contributed by atoms with Crippen molar-refractivity contribution in [3.05, 3.63) is 29.8 Å². The van der Waals surface area contributed by atoms with Gasteiger partial charge in [0.15, 0.2) is 6.10 Å². The van der Waals surface area contributed by atoms with Crippen molar-refractivity contribution in [3.8, 4) is 5.75 Å². The molecule has 1 aromatic rings. The van der Waals surface area contributed by atoms with Crippen LogP contribution < -0.4 is 15.8 Å². The minimum Gasteiger partial charge on any atom is -0.480 e. The number of fused-ring (bicyclic) bond motifs is 2. The highest BCUT2D eigenvalue weighted by molar-refractivity contribution is 5.85. The number of halogens is 1. The van der Waals surface area contributed by atoms with Crippen molar-refractivity contribution in [2.24, 2.45) is 17.6 Å². The van der Waals surface area contributed by atoms with Gasteiger partial charge in [0.25, 0.3) is 5.91 Å². The van der Waals surface area contributed by atoms with Crippen LogP contribution >= 0.6 is 12.4 Å². The summed E-state index contributed by atoms with van der Waals surface area (Å²) < 4.78 is 6.00. The predicted molar refractivity (Wildman–Crippen MR) is 103 cm³/mol. The Kier molecular flexibility index (Phi) is 7.14. The maximum absolute atomic E-state index is 12.8. The summed E-state index contributed by atoms with van der Waals surface area (Å²) in [7, 11) is 0. The van der Waals surface area contributed by atoms with E-state index in [-0.39, 0.29) is 24.4 Å². The highest BCUT2D eigenvalue weighted by atomic mass is 35.5. The molecule has 0 heterocycles. The second-order valence-electron chi connectivity index (χ2n) is 7.50. The van der Waals surface area contributed by atoms with Crippen LogP contribution in [-0.2, 0) is 4.79 Å². The summed E-state index contributed by atoms with van der Waals surface area (Å²) in [4.78, 5) is 12.8. The van der Waals surface area contributed by atoms with Crippen LogP contribution in [0.1, 0.15) is 51.0 Å². The van der Waals surface area contributed by atoms with Crippen molar-refractivity contribution in [1.29, 1.82) is 0 Å². The summed E-state index contributed by atoms with van der Waals surface area (Å²) in [5.41, 5.74) is 7.24. The molecule has 0 saturated heterocycles. The van der Waals surface area contributed by atoms with Gasteiger partial charge in [-0.15, -0.1) is 12.4 Å². The first-order valence-corrected chi connectivity index (χ1v) is 9.36. The fourth-order valence-corrected chi connectivity index (χ4v) is 4.45. The minimum absolute atomic E-state index is 0. The van der Waals surface area contributed by atoms with Gasteiger partial charge in [0.05, 0.1) is 0 Å². The minimum atomic E-state index is -0.428. The van der Waals surface area contributed by atoms with Crippen LogP contribution in [0.5, 0.6) is 5.75 Å². The van der Waals surface area contributed by atoms with E-state index in [1.165, 1.54) is 19.3 Å². The second-order valence-corrected chi connectivity index (χ2v) is 7.50. The molecule has 3 unspecified atom stereocenters. The lowest BCUT2D eigenvalue weighted by Gasteiger charge is -2.45. The Balaban J connectivity index is 0.00000225. The number of rotatable bonds is 5. The molecule has 3 atom stereocenters. The third kappa shape index (κ3) is 4.68. The van der Waals surface area contributed by atoms with Crippen LogP contribution in [0.2, 0.25) is 0 Å². The number of carbonyl (C=O) groups is 1. The normalized spacial score (nSPS) is 29.2. The van der Waals surface area contributed by atoms with Gasteiger partial charge in [-0.3, -0.25) is 4.79 Å². The molecule has 2 aliphatic carbocycles. The first-order chi connectivity index (χ1) is 11.6. The van der Waals surface area contributed by atoms with E-state index in [0.29, 0.717) is 24.3 Å². The lowest BCUT2D eigenvalue weighted by Crippen LogP contribution is -2.56. The van der Waals surface area contributed by atoms with Gasteiger partial charge in [-0.1, -0.05) is 31.5 Å². The van der Waals surface area contributed by atoms with Crippen LogP contribution in [0, 0.1) is 18.8 Å². The average molecular weight is 367 g/mol. The monoisotopic (exact) mass is 366 g/mol. The third-order valence-corrected chi connectivity index (χ3v) is 5.71. The van der Waals surface area contributed by atoms with Crippen molar-refractivity contribution in [1.82, 2.24) is 5.32 Å². The number of hydrogen-bond donors (Lipinski definition) is 2. The van der Waals surface area contributed by atoms with Crippen LogP contribution in [-0.4, -0.2) is 24.1 Å². The number of nitrogens with one attached hydrogen (secondary N) is 1. The van der Waals surface area contributed by atoms with Crippen molar-refractivity contribution in [2.75, 3.05) is 0 Å². The Morgan fingerprint density at radius 1 is 1.28 bits per heavy atom. The van der Waals surface area contributed by atoms with E-state index in [9.17, 15) is 4.79 Å². The first kappa shape index (κ1) is 20.1. The van der Waals surface area contributed by atoms with Gasteiger partial charge in [-0.2, -0.15) is 0 Å². The SMILES string of the molecule is CCC(Oc1ccccc1C)C(=O)NC1C2CCCC1CC(N)C2.Cl. The number of nitrogens with two attached hydrogens (primary N) is 1. The molecule has 140 valence electrons. The summed E-state index contributed by atoms with van der Waals surface area (Å²) in [6.07, 6.45) is 5.96. The smallest absolute Gasteiger partial charge is 0.261 e. The average Bonchev–Trinajstić information content (AvgIpc) is 2.55. The number of carbonyl (C=O) groups excluding carboxylic acids is 1. The molecule has 5 heteroatoms. The van der Waals surface area contributed by atoms with E-state index in [1.54, 1.807) is 0 Å². The molecule has 2 bridgehead atoms. The van der Waals surface area contributed by atoms with Crippen molar-refractivity contribution in [3.63, 3.8) is 0 Å². The molecule has 25 heavy (non-hydrogen) atoms. The molecule has 2 aliphatic rings. The summed E-state index contributed by atoms with van der Waals surface area (Å²) in [6, 6.07) is 8.45. The Morgan fingerprint density at radius 3 is 2.52 bits per heavy atom. The molecule has 1 aromatic carbocycles. The van der Waals surface area contributed by atoms with Crippen molar-refractivity contribution >= 4 is 18.3 Å². The van der Waals surface area contributed by atoms with E-state index in [4.69, 9.17) is 10.5 Å². The molecule has 0 aliphatic heterocycles. The number of ether oxygens (including phenoxy) is 1. The van der Waals surface area contributed by atoms with Gasteiger partial charge in [-0.05, 0) is 62.5 Å². The molecule has 0 spiro atoms. The van der Waals surface area contributed by atoms with Gasteiger partial charge in [0.2, 0.25) is 0 Å². The number of benzene rings is 1. The number of amides is 1. The topological polar surface area (TPSA) is 64.3 Å². The predicted octanol–water partition coefficient (Wildman–Crippen LogP) is 3.60. The highest BCUT2D eigenvalue weighted by Crippen LogP contribution is 2.39. The van der Waals surface area contributed by atoms with Crippen molar-refractivity contribution in [2.45, 2.75) is 70.6 Å². The Hall–Kier alpha value is -1.26. The number of aryl methyl sites for hydroxylation is 1. The molecule has 2 saturated carbocycles. The lowest BCUT2D eigenvalue weighted by molar-refractivity contribution is -0.130. The maximum atomic E-state index is 12.8. The lowest BCUT2D eigenvalue weighted by atomic mass is 9.67. The molecule has 3 rings (SSSR count). The van der Waals surface area contributed by atoms with Gasteiger partial charge in [0, 0.05) is 12.1 Å². The standard InChI is InChI=1S/C20H30N2O2.ClH/c1-3-17(24-18-10-5-4-7-13(18)2)20(23)22-19-14-8-6-9-15(19)12-16(21)11-14;/h4-5,7,10,14-17,19H,3,6,8-9,11-12,21H2,1-2H3,(H,22,23);1H. The molecular formula is C20H31ClN2O2. The zero-order valence-electron chi connectivity index (χ0n) is 15.2. The Morgan fingerprint density at radius 2 is 1.92 bits per heavy atom. The van der Waals surface area contributed by atoms with E-state index < -0.39 is 6.10 Å². The Labute approximate surface area is 157 Å². The van der Waals surface area contributed by atoms with Gasteiger partial charge < -0.3 is 15.8 Å². The van der Waals surface area contributed by atoms with Gasteiger partial charge in [0.1, 0.15) is 5.75 Å². The van der Waals surface area contributed by atoms with Crippen LogP contribution in [0.15, 0.2) is 24.3 Å². The molecule has 3 N–H and O–H groups in total. The van der Waals surface area contributed by atoms with E-state index >= 15 is 0 Å². The molecule has 0 aromatic heterocycles. The second kappa shape index (κ2) is 8.91. The number of hydrogen-bond acceptors (Lipinski definition) is 3. The van der Waals surface area contributed by atoms with Gasteiger partial charge >= 0.3 is 0 Å². The summed E-state index contributed by atoms with van der Waals surface area (Å²) >= 11 is 0. The van der Waals surface area contributed by atoms with Crippen LogP contribution in [0.4, 0.5) is 0 Å². The fraction of sp³-hybridized carbons (Fsp3) is 0.650. The quantitative estimate of drug-likeness (QED) is 0.836. The largest absolute Gasteiger partial charge is 0.480 e. The molecule has 1 amide bonds.